The van der Waals surface area contributed by atoms with E-state index < -0.39 is 0 Å². The zero-order valence-electron chi connectivity index (χ0n) is 10.9. The molecule has 0 saturated carbocycles. The molecule has 0 spiro atoms. The quantitative estimate of drug-likeness (QED) is 0.911. The van der Waals surface area contributed by atoms with Crippen LogP contribution in [0.4, 0.5) is 0 Å². The second-order valence-corrected chi connectivity index (χ2v) is 4.94. The maximum atomic E-state index is 9.57. The van der Waals surface area contributed by atoms with Crippen LogP contribution in [-0.2, 0) is 0 Å². The summed E-state index contributed by atoms with van der Waals surface area (Å²) in [5, 5.41) is 13.6. The number of aliphatic hydroxyl groups is 1. The first-order valence-electron chi connectivity index (χ1n) is 6.55. The molecule has 1 aromatic carbocycles. The Bertz CT molecular complexity index is 541. The molecule has 5 heteroatoms. The first-order chi connectivity index (χ1) is 9.24. The molecular formula is C14H17N3O2. The third-order valence-corrected chi connectivity index (χ3v) is 3.57. The van der Waals surface area contributed by atoms with Crippen LogP contribution in [0, 0.1) is 0 Å². The van der Waals surface area contributed by atoms with Gasteiger partial charge in [0.15, 0.2) is 0 Å². The minimum Gasteiger partial charge on any atom is -0.392 e. The van der Waals surface area contributed by atoms with E-state index in [2.05, 4.69) is 15.0 Å². The molecular weight excluding hydrogens is 242 g/mol. The molecule has 1 aromatic heterocycles. The highest BCUT2D eigenvalue weighted by Crippen LogP contribution is 2.25. The third-order valence-electron chi connectivity index (χ3n) is 3.57. The van der Waals surface area contributed by atoms with E-state index in [4.69, 9.17) is 4.52 Å². The largest absolute Gasteiger partial charge is 0.392 e. The average Bonchev–Trinajstić information content (AvgIpc) is 3.08. The van der Waals surface area contributed by atoms with Crippen molar-refractivity contribution in [3.05, 3.63) is 36.2 Å². The van der Waals surface area contributed by atoms with E-state index in [0.29, 0.717) is 18.3 Å². The van der Waals surface area contributed by atoms with Crippen LogP contribution in [0.15, 0.2) is 34.9 Å². The number of hydrogen-bond donors (Lipinski definition) is 1. The lowest BCUT2D eigenvalue weighted by Crippen LogP contribution is -2.25. The van der Waals surface area contributed by atoms with Crippen LogP contribution in [0.25, 0.3) is 11.4 Å². The molecule has 0 radical (unpaired) electrons. The summed E-state index contributed by atoms with van der Waals surface area (Å²) in [4.78, 5) is 6.61. The Balaban J connectivity index is 1.78. The molecule has 0 aliphatic carbocycles. The molecule has 0 amide bonds. The SMILES string of the molecule is CC(c1nc(-c2ccccc2)no1)N1CC[C@H](O)C1. The minimum atomic E-state index is -0.237. The van der Waals surface area contributed by atoms with Crippen molar-refractivity contribution in [2.75, 3.05) is 13.1 Å². The summed E-state index contributed by atoms with van der Waals surface area (Å²) in [6.45, 7) is 3.57. The maximum absolute atomic E-state index is 9.57. The van der Waals surface area contributed by atoms with Gasteiger partial charge in [-0.25, -0.2) is 0 Å². The van der Waals surface area contributed by atoms with E-state index in [1.807, 2.05) is 37.3 Å². The maximum Gasteiger partial charge on any atom is 0.244 e. The lowest BCUT2D eigenvalue weighted by atomic mass is 10.2. The van der Waals surface area contributed by atoms with Crippen molar-refractivity contribution in [1.82, 2.24) is 15.0 Å². The predicted octanol–water partition coefficient (Wildman–Crippen LogP) is 1.86. The van der Waals surface area contributed by atoms with E-state index in [0.717, 1.165) is 18.5 Å². The predicted molar refractivity (Wildman–Crippen MR) is 70.3 cm³/mol. The number of aliphatic hydroxyl groups excluding tert-OH is 1. The summed E-state index contributed by atoms with van der Waals surface area (Å²) in [5.41, 5.74) is 0.950. The molecule has 5 nitrogen and oxygen atoms in total. The molecule has 19 heavy (non-hydrogen) atoms. The van der Waals surface area contributed by atoms with Gasteiger partial charge in [0.2, 0.25) is 11.7 Å². The highest BCUT2D eigenvalue weighted by atomic mass is 16.5. The van der Waals surface area contributed by atoms with Gasteiger partial charge in [-0.3, -0.25) is 4.90 Å². The molecule has 1 fully saturated rings. The normalized spacial score (nSPS) is 21.7. The van der Waals surface area contributed by atoms with Crippen molar-refractivity contribution in [3.8, 4) is 11.4 Å². The second-order valence-electron chi connectivity index (χ2n) is 4.94. The van der Waals surface area contributed by atoms with Gasteiger partial charge < -0.3 is 9.63 Å². The number of benzene rings is 1. The molecule has 1 unspecified atom stereocenters. The van der Waals surface area contributed by atoms with Gasteiger partial charge in [-0.2, -0.15) is 4.98 Å². The Morgan fingerprint density at radius 3 is 2.84 bits per heavy atom. The summed E-state index contributed by atoms with van der Waals surface area (Å²) < 4.78 is 5.34. The van der Waals surface area contributed by atoms with Gasteiger partial charge in [-0.05, 0) is 13.3 Å². The first-order valence-corrected chi connectivity index (χ1v) is 6.55. The van der Waals surface area contributed by atoms with E-state index in [-0.39, 0.29) is 12.1 Å². The van der Waals surface area contributed by atoms with E-state index in [1.165, 1.54) is 0 Å². The molecule has 1 aliphatic rings. The van der Waals surface area contributed by atoms with Gasteiger partial charge in [0.25, 0.3) is 0 Å². The number of β-amino-alcohol motifs (C(OH)–C–C–N with tert-alkyl or cyclic N) is 1. The average molecular weight is 259 g/mol. The van der Waals surface area contributed by atoms with Gasteiger partial charge in [-0.15, -0.1) is 0 Å². The van der Waals surface area contributed by atoms with Gasteiger partial charge in [-0.1, -0.05) is 35.5 Å². The standard InChI is InChI=1S/C14H17N3O2/c1-10(17-8-7-12(18)9-17)14-15-13(16-19-14)11-5-3-2-4-6-11/h2-6,10,12,18H,7-9H2,1H3/t10?,12-/m0/s1. The van der Waals surface area contributed by atoms with Crippen molar-refractivity contribution in [1.29, 1.82) is 0 Å². The lowest BCUT2D eigenvalue weighted by molar-refractivity contribution is 0.151. The van der Waals surface area contributed by atoms with Crippen molar-refractivity contribution in [2.24, 2.45) is 0 Å². The van der Waals surface area contributed by atoms with Gasteiger partial charge in [0.1, 0.15) is 0 Å². The zero-order chi connectivity index (χ0) is 13.2. The lowest BCUT2D eigenvalue weighted by Gasteiger charge is -2.19. The third kappa shape index (κ3) is 2.52. The van der Waals surface area contributed by atoms with Crippen molar-refractivity contribution >= 4 is 0 Å². The van der Waals surface area contributed by atoms with Gasteiger partial charge >= 0.3 is 0 Å². The summed E-state index contributed by atoms with van der Waals surface area (Å²) in [7, 11) is 0. The first kappa shape index (κ1) is 12.3. The number of aromatic nitrogens is 2. The van der Waals surface area contributed by atoms with Crippen LogP contribution in [0.2, 0.25) is 0 Å². The minimum absolute atomic E-state index is 0.0436. The van der Waals surface area contributed by atoms with Crippen LogP contribution in [0.1, 0.15) is 25.3 Å². The number of likely N-dealkylation sites (tertiary alicyclic amines) is 1. The van der Waals surface area contributed by atoms with E-state index in [1.54, 1.807) is 0 Å². The summed E-state index contributed by atoms with van der Waals surface area (Å²) in [5.74, 6) is 1.22. The van der Waals surface area contributed by atoms with Crippen LogP contribution in [-0.4, -0.2) is 39.3 Å². The molecule has 100 valence electrons. The van der Waals surface area contributed by atoms with E-state index in [9.17, 15) is 5.11 Å². The zero-order valence-corrected chi connectivity index (χ0v) is 10.9. The van der Waals surface area contributed by atoms with Crippen LogP contribution in [0.5, 0.6) is 0 Å². The Hall–Kier alpha value is -1.72. The summed E-state index contributed by atoms with van der Waals surface area (Å²) in [6.07, 6.45) is 0.572. The van der Waals surface area contributed by atoms with Crippen molar-refractivity contribution < 1.29 is 9.63 Å². The number of hydrogen-bond acceptors (Lipinski definition) is 5. The monoisotopic (exact) mass is 259 g/mol. The summed E-state index contributed by atoms with van der Waals surface area (Å²) in [6, 6.07) is 9.82. The fourth-order valence-corrected chi connectivity index (χ4v) is 2.39. The molecule has 1 N–H and O–H groups in total. The van der Waals surface area contributed by atoms with Gasteiger partial charge in [0, 0.05) is 18.7 Å². The van der Waals surface area contributed by atoms with Crippen LogP contribution < -0.4 is 0 Å². The smallest absolute Gasteiger partial charge is 0.244 e. The van der Waals surface area contributed by atoms with Gasteiger partial charge in [0.05, 0.1) is 12.1 Å². The van der Waals surface area contributed by atoms with Crippen molar-refractivity contribution in [3.63, 3.8) is 0 Å². The molecule has 2 aromatic rings. The second kappa shape index (κ2) is 5.11. The molecule has 0 bridgehead atoms. The van der Waals surface area contributed by atoms with E-state index >= 15 is 0 Å². The Morgan fingerprint density at radius 2 is 2.16 bits per heavy atom. The highest BCUT2D eigenvalue weighted by Gasteiger charge is 2.28. The Kier molecular flexibility index (Phi) is 3.31. The Morgan fingerprint density at radius 1 is 1.37 bits per heavy atom. The fourth-order valence-electron chi connectivity index (χ4n) is 2.39. The molecule has 2 atom stereocenters. The number of nitrogens with zero attached hydrogens (tertiary/aromatic N) is 3. The van der Waals surface area contributed by atoms with Crippen LogP contribution >= 0.6 is 0 Å². The fraction of sp³-hybridized carbons (Fsp3) is 0.429. The molecule has 1 aliphatic heterocycles. The number of rotatable bonds is 3. The summed E-state index contributed by atoms with van der Waals surface area (Å²) >= 11 is 0. The molecule has 2 heterocycles. The molecule has 1 saturated heterocycles. The van der Waals surface area contributed by atoms with Crippen molar-refractivity contribution in [2.45, 2.75) is 25.5 Å². The highest BCUT2D eigenvalue weighted by molar-refractivity contribution is 5.53. The van der Waals surface area contributed by atoms with Crippen LogP contribution in [0.3, 0.4) is 0 Å². The topological polar surface area (TPSA) is 62.4 Å². The Labute approximate surface area is 111 Å². The molecule has 3 rings (SSSR count).